The van der Waals surface area contributed by atoms with E-state index in [1.165, 1.54) is 141 Å². The Bertz CT molecular complexity index is 201. The molecule has 172 valence electrons. The van der Waals surface area contributed by atoms with Crippen LogP contribution in [-0.4, -0.2) is 0 Å². The maximum Gasteiger partial charge on any atom is -0.0443 e. The van der Waals surface area contributed by atoms with Gasteiger partial charge in [0.15, 0.2) is 0 Å². The van der Waals surface area contributed by atoms with Crippen molar-refractivity contribution in [3.63, 3.8) is 0 Å². The molecule has 2 rings (SSSR count). The number of unbranched alkanes of at least 4 members (excludes halogenated alkanes) is 9. The number of rotatable bonds is 9. The monoisotopic (exact) mass is 396 g/mol. The minimum atomic E-state index is 1.04. The van der Waals surface area contributed by atoms with Gasteiger partial charge in [-0.2, -0.15) is 0 Å². The lowest BCUT2D eigenvalue weighted by Crippen LogP contribution is -1.99. The quantitative estimate of drug-likeness (QED) is 0.340. The van der Waals surface area contributed by atoms with Gasteiger partial charge in [-0.05, 0) is 5.92 Å². The summed E-state index contributed by atoms with van der Waals surface area (Å²) in [4.78, 5) is 0. The van der Waals surface area contributed by atoms with Crippen LogP contribution in [0.5, 0.6) is 0 Å². The summed E-state index contributed by atoms with van der Waals surface area (Å²) >= 11 is 0. The zero-order valence-corrected chi connectivity index (χ0v) is 21.1. The van der Waals surface area contributed by atoms with Gasteiger partial charge in [-0.3, -0.25) is 0 Å². The van der Waals surface area contributed by atoms with Gasteiger partial charge in [0.25, 0.3) is 0 Å². The van der Waals surface area contributed by atoms with Crippen molar-refractivity contribution in [2.24, 2.45) is 5.92 Å². The van der Waals surface area contributed by atoms with Gasteiger partial charge in [0, 0.05) is 0 Å². The average molecular weight is 397 g/mol. The zero-order valence-electron chi connectivity index (χ0n) is 21.1. The summed E-state index contributed by atoms with van der Waals surface area (Å²) in [6, 6.07) is 0. The highest BCUT2D eigenvalue weighted by Gasteiger charge is 2.05. The second-order valence-electron chi connectivity index (χ2n) is 9.34. The van der Waals surface area contributed by atoms with E-state index in [2.05, 4.69) is 34.6 Å². The molecule has 0 saturated heterocycles. The van der Waals surface area contributed by atoms with E-state index in [-0.39, 0.29) is 0 Å². The number of hydrogen-bond acceptors (Lipinski definition) is 0. The summed E-state index contributed by atoms with van der Waals surface area (Å²) in [5.41, 5.74) is 0. The van der Waals surface area contributed by atoms with Gasteiger partial charge in [-0.25, -0.2) is 0 Å². The minimum absolute atomic E-state index is 1.04. The first-order valence-electron chi connectivity index (χ1n) is 13.7. The largest absolute Gasteiger partial charge is 0.0654 e. The lowest BCUT2D eigenvalue weighted by atomic mass is 9.91. The fourth-order valence-corrected chi connectivity index (χ4v) is 3.90. The Hall–Kier alpha value is 0. The molecule has 0 bridgehead atoms. The molecular formula is C28H60. The van der Waals surface area contributed by atoms with Crippen molar-refractivity contribution in [1.82, 2.24) is 0 Å². The molecule has 2 fully saturated rings. The average Bonchev–Trinajstić information content (AvgIpc) is 2.75. The first-order chi connectivity index (χ1) is 13.7. The molecule has 0 amide bonds. The van der Waals surface area contributed by atoms with Crippen molar-refractivity contribution in [2.75, 3.05) is 0 Å². The molecule has 0 heteroatoms. The molecule has 0 nitrogen and oxygen atoms in total. The SMILES string of the molecule is C1CCCCC1.CC1CCCCC1.CCCCCCC.CCCCCCCC. The normalized spacial score (nSPS) is 16.6. The molecule has 0 heterocycles. The highest BCUT2D eigenvalue weighted by molar-refractivity contribution is 4.59. The van der Waals surface area contributed by atoms with Crippen molar-refractivity contribution in [2.45, 2.75) is 176 Å². The fourth-order valence-electron chi connectivity index (χ4n) is 3.90. The topological polar surface area (TPSA) is 0 Å². The van der Waals surface area contributed by atoms with Crippen LogP contribution in [0.2, 0.25) is 0 Å². The third-order valence-corrected chi connectivity index (χ3v) is 6.06. The van der Waals surface area contributed by atoms with E-state index in [0.29, 0.717) is 0 Å². The summed E-state index contributed by atoms with van der Waals surface area (Å²) in [7, 11) is 0. The maximum absolute atomic E-state index is 2.36. The summed E-state index contributed by atoms with van der Waals surface area (Å²) in [5, 5.41) is 0. The van der Waals surface area contributed by atoms with Gasteiger partial charge in [-0.15, -0.1) is 0 Å². The molecule has 0 aliphatic heterocycles. The Morgan fingerprint density at radius 1 is 0.393 bits per heavy atom. The first kappa shape index (κ1) is 30.2. The van der Waals surface area contributed by atoms with Crippen LogP contribution in [-0.2, 0) is 0 Å². The lowest BCUT2D eigenvalue weighted by molar-refractivity contribution is 0.385. The molecule has 0 N–H and O–H groups in total. The summed E-state index contributed by atoms with van der Waals surface area (Å²) in [6.45, 7) is 11.4. The van der Waals surface area contributed by atoms with Gasteiger partial charge in [0.1, 0.15) is 0 Å². The molecule has 0 aromatic rings. The second-order valence-corrected chi connectivity index (χ2v) is 9.34. The number of hydrogen-bond donors (Lipinski definition) is 0. The van der Waals surface area contributed by atoms with Crippen LogP contribution in [0, 0.1) is 5.92 Å². The van der Waals surface area contributed by atoms with Crippen molar-refractivity contribution < 1.29 is 0 Å². The van der Waals surface area contributed by atoms with Crippen LogP contribution >= 0.6 is 0 Å². The van der Waals surface area contributed by atoms with E-state index < -0.39 is 0 Å². The zero-order chi connectivity index (χ0) is 21.1. The highest BCUT2D eigenvalue weighted by atomic mass is 14.1. The Labute approximate surface area is 182 Å². The predicted molar refractivity (Wildman–Crippen MR) is 133 cm³/mol. The van der Waals surface area contributed by atoms with Crippen molar-refractivity contribution in [1.29, 1.82) is 0 Å². The summed E-state index contributed by atoms with van der Waals surface area (Å²) < 4.78 is 0. The smallest absolute Gasteiger partial charge is 0.0443 e. The van der Waals surface area contributed by atoms with Gasteiger partial charge in [-0.1, -0.05) is 176 Å². The lowest BCUT2D eigenvalue weighted by Gasteiger charge is -2.15. The van der Waals surface area contributed by atoms with E-state index in [9.17, 15) is 0 Å². The molecule has 28 heavy (non-hydrogen) atoms. The Morgan fingerprint density at radius 2 is 0.643 bits per heavy atom. The van der Waals surface area contributed by atoms with Crippen LogP contribution in [0.15, 0.2) is 0 Å². The standard InChI is InChI=1S/C8H18.C7H14.C7H16.C6H12/c1-3-5-7-8-6-4-2;1-7-5-3-2-4-6-7;1-3-5-7-6-4-2;1-2-4-6-5-3-1/h3-8H2,1-2H3;7H,2-6H2,1H3;3-7H2,1-2H3;1-6H2. The van der Waals surface area contributed by atoms with Gasteiger partial charge >= 0.3 is 0 Å². The highest BCUT2D eigenvalue weighted by Crippen LogP contribution is 2.22. The molecule has 2 aliphatic rings. The van der Waals surface area contributed by atoms with Crippen molar-refractivity contribution in [3.8, 4) is 0 Å². The fraction of sp³-hybridized carbons (Fsp3) is 1.00. The van der Waals surface area contributed by atoms with E-state index in [1.54, 1.807) is 0 Å². The molecule has 0 radical (unpaired) electrons. The minimum Gasteiger partial charge on any atom is -0.0654 e. The molecule has 0 aromatic carbocycles. The third-order valence-electron chi connectivity index (χ3n) is 6.06. The van der Waals surface area contributed by atoms with Crippen molar-refractivity contribution in [3.05, 3.63) is 0 Å². The van der Waals surface area contributed by atoms with E-state index in [0.717, 1.165) is 5.92 Å². The van der Waals surface area contributed by atoms with Crippen LogP contribution in [0.1, 0.15) is 176 Å². The van der Waals surface area contributed by atoms with Gasteiger partial charge in [0.2, 0.25) is 0 Å². The van der Waals surface area contributed by atoms with E-state index in [1.807, 2.05) is 0 Å². The molecule has 2 saturated carbocycles. The van der Waals surface area contributed by atoms with Crippen LogP contribution < -0.4 is 0 Å². The Kier molecular flexibility index (Phi) is 31.5. The predicted octanol–water partition coefficient (Wildman–Crippen LogP) is 11.3. The third kappa shape index (κ3) is 30.7. The molecule has 0 spiro atoms. The van der Waals surface area contributed by atoms with E-state index in [4.69, 9.17) is 0 Å². The Morgan fingerprint density at radius 3 is 0.857 bits per heavy atom. The molecule has 0 atom stereocenters. The van der Waals surface area contributed by atoms with Crippen molar-refractivity contribution >= 4 is 0 Å². The van der Waals surface area contributed by atoms with Crippen LogP contribution in [0.3, 0.4) is 0 Å². The molecular weight excluding hydrogens is 336 g/mol. The molecule has 0 aromatic heterocycles. The molecule has 0 unspecified atom stereocenters. The van der Waals surface area contributed by atoms with Crippen LogP contribution in [0.25, 0.3) is 0 Å². The van der Waals surface area contributed by atoms with Gasteiger partial charge in [0.05, 0.1) is 0 Å². The molecule has 2 aliphatic carbocycles. The van der Waals surface area contributed by atoms with Gasteiger partial charge < -0.3 is 0 Å². The first-order valence-corrected chi connectivity index (χ1v) is 13.7. The van der Waals surface area contributed by atoms with Crippen LogP contribution in [0.4, 0.5) is 0 Å². The summed E-state index contributed by atoms with van der Waals surface area (Å²) in [6.07, 6.45) is 31.9. The summed E-state index contributed by atoms with van der Waals surface area (Å²) in [5.74, 6) is 1.04. The second kappa shape index (κ2) is 29.2. The maximum atomic E-state index is 2.36. The Balaban J connectivity index is 0. The van der Waals surface area contributed by atoms with E-state index >= 15 is 0 Å².